The van der Waals surface area contributed by atoms with Crippen molar-refractivity contribution < 1.29 is 4.74 Å². The summed E-state index contributed by atoms with van der Waals surface area (Å²) in [5.41, 5.74) is 1.53. The fraction of sp³-hybridized carbons (Fsp3) is 0.320. The van der Waals surface area contributed by atoms with Gasteiger partial charge in [-0.3, -0.25) is 13.9 Å². The van der Waals surface area contributed by atoms with Crippen LogP contribution in [0.15, 0.2) is 52.1 Å². The van der Waals surface area contributed by atoms with E-state index in [1.165, 1.54) is 9.13 Å². The summed E-state index contributed by atoms with van der Waals surface area (Å²) in [5.74, 6) is 1.45. The quantitative estimate of drug-likeness (QED) is 0.390. The van der Waals surface area contributed by atoms with Crippen molar-refractivity contribution in [1.82, 2.24) is 18.7 Å². The van der Waals surface area contributed by atoms with Gasteiger partial charge in [0.15, 0.2) is 11.2 Å². The summed E-state index contributed by atoms with van der Waals surface area (Å²) < 4.78 is 10.1. The molecule has 2 aromatic heterocycles. The zero-order valence-corrected chi connectivity index (χ0v) is 21.0. The predicted octanol–water partition coefficient (Wildman–Crippen LogP) is 4.58. The van der Waals surface area contributed by atoms with Crippen molar-refractivity contribution in [3.05, 3.63) is 78.9 Å². The lowest BCUT2D eigenvalue weighted by atomic mass is 10.2. The van der Waals surface area contributed by atoms with Crippen molar-refractivity contribution in [2.24, 2.45) is 7.05 Å². The molecule has 0 unspecified atom stereocenters. The number of aromatic nitrogens is 4. The van der Waals surface area contributed by atoms with E-state index in [9.17, 15) is 9.59 Å². The minimum atomic E-state index is -0.450. The molecule has 0 spiro atoms. The largest absolute Gasteiger partial charge is 0.494 e. The van der Waals surface area contributed by atoms with Crippen LogP contribution in [0.5, 0.6) is 5.75 Å². The van der Waals surface area contributed by atoms with Crippen LogP contribution in [-0.4, -0.2) is 31.8 Å². The van der Waals surface area contributed by atoms with Gasteiger partial charge < -0.3 is 14.2 Å². The van der Waals surface area contributed by atoms with E-state index in [2.05, 4.69) is 4.90 Å². The highest BCUT2D eigenvalue weighted by Crippen LogP contribution is 2.31. The van der Waals surface area contributed by atoms with Gasteiger partial charge in [-0.05, 0) is 61.7 Å². The number of ether oxygens (including phenoxy) is 1. The minimum Gasteiger partial charge on any atom is -0.494 e. The van der Waals surface area contributed by atoms with Crippen LogP contribution in [0.3, 0.4) is 0 Å². The van der Waals surface area contributed by atoms with E-state index in [1.807, 2.05) is 35.8 Å². The summed E-state index contributed by atoms with van der Waals surface area (Å²) in [6.07, 6.45) is 1.83. The molecular formula is C25H25Cl2N5O3. The molecule has 2 aromatic carbocycles. The number of imidazole rings is 1. The topological polar surface area (TPSA) is 74.3 Å². The molecule has 4 aromatic rings. The Bertz CT molecular complexity index is 1520. The number of hydrogen-bond acceptors (Lipinski definition) is 5. The molecule has 0 saturated carbocycles. The number of halogens is 2. The molecule has 0 N–H and O–H groups in total. The lowest BCUT2D eigenvalue weighted by molar-refractivity contribution is 0.340. The molecule has 10 heteroatoms. The van der Waals surface area contributed by atoms with Gasteiger partial charge in [-0.2, -0.15) is 4.98 Å². The highest BCUT2D eigenvalue weighted by Gasteiger charge is 2.26. The van der Waals surface area contributed by atoms with Gasteiger partial charge in [0.05, 0.1) is 13.2 Å². The van der Waals surface area contributed by atoms with Crippen molar-refractivity contribution in [2.45, 2.75) is 32.9 Å². The maximum absolute atomic E-state index is 13.7. The normalized spacial score (nSPS) is 13.7. The molecule has 5 rings (SSSR count). The standard InChI is InChI=1S/C25H25Cl2N5O3/c1-3-35-19-10-8-18(9-11-19)30-12-4-5-13-31-21-22(28-24(30)31)29(2)25(34)32(23(21)33)15-16-6-7-17(26)14-20(16)27/h6-11,14H,3-5,12-13,15H2,1-2H3. The SMILES string of the molecule is CCOc1ccc(N2CCCCn3c2nc2c3c(=O)n(Cc3ccc(Cl)cc3Cl)c(=O)n2C)cc1. The van der Waals surface area contributed by atoms with Crippen LogP contribution in [0.25, 0.3) is 11.2 Å². The first kappa shape index (κ1) is 23.5. The maximum atomic E-state index is 13.7. The minimum absolute atomic E-state index is 0.0422. The van der Waals surface area contributed by atoms with Crippen molar-refractivity contribution in [3.63, 3.8) is 0 Å². The van der Waals surface area contributed by atoms with E-state index < -0.39 is 5.69 Å². The van der Waals surface area contributed by atoms with Gasteiger partial charge in [0.2, 0.25) is 5.95 Å². The van der Waals surface area contributed by atoms with Gasteiger partial charge in [-0.15, -0.1) is 0 Å². The number of benzene rings is 2. The van der Waals surface area contributed by atoms with Gasteiger partial charge in [0.25, 0.3) is 5.56 Å². The summed E-state index contributed by atoms with van der Waals surface area (Å²) in [6, 6.07) is 12.8. The molecule has 0 radical (unpaired) electrons. The number of rotatable bonds is 5. The van der Waals surface area contributed by atoms with E-state index in [0.717, 1.165) is 30.8 Å². The number of anilines is 2. The van der Waals surface area contributed by atoms with Crippen molar-refractivity contribution in [1.29, 1.82) is 0 Å². The first-order valence-electron chi connectivity index (χ1n) is 11.5. The van der Waals surface area contributed by atoms with Crippen LogP contribution in [0.4, 0.5) is 11.6 Å². The molecule has 0 bridgehead atoms. The predicted molar refractivity (Wildman–Crippen MR) is 139 cm³/mol. The van der Waals surface area contributed by atoms with E-state index in [0.29, 0.717) is 45.9 Å². The first-order chi connectivity index (χ1) is 16.9. The van der Waals surface area contributed by atoms with Crippen LogP contribution < -0.4 is 20.9 Å². The third kappa shape index (κ3) is 4.21. The van der Waals surface area contributed by atoms with Gasteiger partial charge in [0.1, 0.15) is 5.75 Å². The molecule has 0 atom stereocenters. The number of hydrogen-bond donors (Lipinski definition) is 0. The zero-order chi connectivity index (χ0) is 24.7. The third-order valence-electron chi connectivity index (χ3n) is 6.27. The molecule has 0 fully saturated rings. The summed E-state index contributed by atoms with van der Waals surface area (Å²) in [4.78, 5) is 33.8. The first-order valence-corrected chi connectivity index (χ1v) is 12.3. The number of aryl methyl sites for hydroxylation is 2. The smallest absolute Gasteiger partial charge is 0.332 e. The third-order valence-corrected chi connectivity index (χ3v) is 6.86. The molecule has 0 amide bonds. The number of fused-ring (bicyclic) bond motifs is 3. The van der Waals surface area contributed by atoms with Gasteiger partial charge in [-0.1, -0.05) is 29.3 Å². The van der Waals surface area contributed by atoms with Gasteiger partial charge in [0, 0.05) is 35.9 Å². The Balaban J connectivity index is 1.65. The lowest BCUT2D eigenvalue weighted by Gasteiger charge is -2.22. The molecule has 1 aliphatic rings. The Morgan fingerprint density at radius 1 is 1.03 bits per heavy atom. The zero-order valence-electron chi connectivity index (χ0n) is 19.5. The second-order valence-corrected chi connectivity index (χ2v) is 9.33. The summed E-state index contributed by atoms with van der Waals surface area (Å²) >= 11 is 12.3. The van der Waals surface area contributed by atoms with E-state index >= 15 is 0 Å². The molecule has 0 saturated heterocycles. The average molecular weight is 514 g/mol. The van der Waals surface area contributed by atoms with E-state index in [1.54, 1.807) is 25.2 Å². The van der Waals surface area contributed by atoms with Gasteiger partial charge >= 0.3 is 5.69 Å². The van der Waals surface area contributed by atoms with Crippen molar-refractivity contribution in [2.75, 3.05) is 18.1 Å². The summed E-state index contributed by atoms with van der Waals surface area (Å²) in [7, 11) is 1.64. The fourth-order valence-corrected chi connectivity index (χ4v) is 4.98. The molecule has 35 heavy (non-hydrogen) atoms. The van der Waals surface area contributed by atoms with Crippen LogP contribution in [0.2, 0.25) is 10.0 Å². The summed E-state index contributed by atoms with van der Waals surface area (Å²) in [6.45, 7) is 3.97. The van der Waals surface area contributed by atoms with Crippen molar-refractivity contribution >= 4 is 46.0 Å². The Kier molecular flexibility index (Phi) is 6.34. The number of nitrogens with zero attached hydrogens (tertiary/aromatic N) is 5. The van der Waals surface area contributed by atoms with Gasteiger partial charge in [-0.25, -0.2) is 4.79 Å². The Labute approximate surface area is 211 Å². The molecular weight excluding hydrogens is 489 g/mol. The van der Waals surface area contributed by atoms with E-state index in [-0.39, 0.29) is 12.1 Å². The highest BCUT2D eigenvalue weighted by molar-refractivity contribution is 6.35. The monoisotopic (exact) mass is 513 g/mol. The maximum Gasteiger partial charge on any atom is 0.332 e. The summed E-state index contributed by atoms with van der Waals surface area (Å²) in [5, 5.41) is 0.894. The van der Waals surface area contributed by atoms with Crippen LogP contribution in [-0.2, 0) is 20.1 Å². The van der Waals surface area contributed by atoms with Crippen LogP contribution in [0.1, 0.15) is 25.3 Å². The molecule has 3 heterocycles. The van der Waals surface area contributed by atoms with E-state index in [4.69, 9.17) is 32.9 Å². The molecule has 8 nitrogen and oxygen atoms in total. The second-order valence-electron chi connectivity index (χ2n) is 8.49. The van der Waals surface area contributed by atoms with Crippen LogP contribution >= 0.6 is 23.2 Å². The highest BCUT2D eigenvalue weighted by atomic mass is 35.5. The second kappa shape index (κ2) is 9.43. The Morgan fingerprint density at radius 3 is 2.49 bits per heavy atom. The Hall–Kier alpha value is -3.23. The lowest BCUT2D eigenvalue weighted by Crippen LogP contribution is -2.40. The molecule has 182 valence electrons. The average Bonchev–Trinajstić information content (AvgIpc) is 3.10. The molecule has 0 aliphatic carbocycles. The molecule has 1 aliphatic heterocycles. The fourth-order valence-electron chi connectivity index (χ4n) is 4.51. The Morgan fingerprint density at radius 2 is 1.77 bits per heavy atom. The van der Waals surface area contributed by atoms with Crippen molar-refractivity contribution in [3.8, 4) is 5.75 Å². The van der Waals surface area contributed by atoms with Crippen LogP contribution in [0, 0.1) is 0 Å².